The van der Waals surface area contributed by atoms with E-state index >= 15 is 0 Å². The van der Waals surface area contributed by atoms with E-state index in [-0.39, 0.29) is 0 Å². The van der Waals surface area contributed by atoms with Gasteiger partial charge < -0.3 is 4.74 Å². The Labute approximate surface area is 83.9 Å². The van der Waals surface area contributed by atoms with Gasteiger partial charge >= 0.3 is 5.97 Å². The molecular weight excluding hydrogens is 190 g/mol. The SMILES string of the molecule is C=C(C)C(=O)OC(C)(N)C(C)(C)Cl. The Balaban J connectivity index is 4.53. The van der Waals surface area contributed by atoms with Crippen LogP contribution in [0.15, 0.2) is 12.2 Å². The predicted octanol–water partition coefficient (Wildman–Crippen LogP) is 1.80. The summed E-state index contributed by atoms with van der Waals surface area (Å²) in [4.78, 5) is 10.3. The fraction of sp³-hybridized carbons (Fsp3) is 0.667. The summed E-state index contributed by atoms with van der Waals surface area (Å²) >= 11 is 5.94. The summed E-state index contributed by atoms with van der Waals surface area (Å²) in [6.07, 6.45) is 0. The minimum Gasteiger partial charge on any atom is -0.439 e. The van der Waals surface area contributed by atoms with E-state index in [4.69, 9.17) is 22.1 Å². The maximum Gasteiger partial charge on any atom is 0.334 e. The zero-order valence-electron chi connectivity index (χ0n) is 8.48. The van der Waals surface area contributed by atoms with Gasteiger partial charge in [-0.3, -0.25) is 5.73 Å². The van der Waals surface area contributed by atoms with E-state index in [0.717, 1.165) is 0 Å². The average Bonchev–Trinajstić information content (AvgIpc) is 1.83. The Morgan fingerprint density at radius 3 is 2.08 bits per heavy atom. The van der Waals surface area contributed by atoms with Crippen LogP contribution in [0.3, 0.4) is 0 Å². The molecule has 0 aromatic rings. The van der Waals surface area contributed by atoms with Gasteiger partial charge in [-0.15, -0.1) is 11.6 Å². The van der Waals surface area contributed by atoms with Crippen molar-refractivity contribution in [3.8, 4) is 0 Å². The molecule has 0 aromatic carbocycles. The van der Waals surface area contributed by atoms with E-state index in [1.54, 1.807) is 27.7 Å². The highest BCUT2D eigenvalue weighted by Crippen LogP contribution is 2.27. The molecule has 0 fully saturated rings. The van der Waals surface area contributed by atoms with Crippen molar-refractivity contribution in [2.45, 2.75) is 38.3 Å². The lowest BCUT2D eigenvalue weighted by molar-refractivity contribution is -0.155. The maximum atomic E-state index is 11.1. The number of ether oxygens (including phenoxy) is 1. The van der Waals surface area contributed by atoms with Gasteiger partial charge in [-0.2, -0.15) is 0 Å². The number of hydrogen-bond acceptors (Lipinski definition) is 3. The van der Waals surface area contributed by atoms with Gasteiger partial charge in [0.2, 0.25) is 0 Å². The molecule has 0 spiro atoms. The minimum atomic E-state index is -1.20. The van der Waals surface area contributed by atoms with Gasteiger partial charge in [-0.05, 0) is 27.7 Å². The molecular formula is C9H16ClNO2. The van der Waals surface area contributed by atoms with E-state index in [9.17, 15) is 4.79 Å². The molecule has 0 aromatic heterocycles. The first-order valence-electron chi connectivity index (χ1n) is 3.94. The summed E-state index contributed by atoms with van der Waals surface area (Å²) in [5.41, 5.74) is 4.82. The minimum absolute atomic E-state index is 0.303. The molecule has 0 saturated carbocycles. The van der Waals surface area contributed by atoms with E-state index in [2.05, 4.69) is 6.58 Å². The van der Waals surface area contributed by atoms with Gasteiger partial charge in [0.05, 0.1) is 4.87 Å². The van der Waals surface area contributed by atoms with Crippen LogP contribution in [0.4, 0.5) is 0 Å². The second-order valence-corrected chi connectivity index (χ2v) is 4.69. The number of carbonyl (C=O) groups excluding carboxylic acids is 1. The summed E-state index contributed by atoms with van der Waals surface area (Å²) in [6.45, 7) is 9.92. The van der Waals surface area contributed by atoms with E-state index in [1.807, 2.05) is 0 Å². The van der Waals surface area contributed by atoms with Crippen LogP contribution >= 0.6 is 11.6 Å². The van der Waals surface area contributed by atoms with Crippen molar-refractivity contribution >= 4 is 17.6 Å². The molecule has 0 heterocycles. The molecule has 76 valence electrons. The molecule has 0 amide bonds. The molecule has 3 nitrogen and oxygen atoms in total. The lowest BCUT2D eigenvalue weighted by Gasteiger charge is -2.35. The highest BCUT2D eigenvalue weighted by atomic mass is 35.5. The molecule has 0 radical (unpaired) electrons. The summed E-state index contributed by atoms with van der Waals surface area (Å²) in [6, 6.07) is 0. The summed E-state index contributed by atoms with van der Waals surface area (Å²) < 4.78 is 4.97. The Morgan fingerprint density at radius 2 is 1.85 bits per heavy atom. The van der Waals surface area contributed by atoms with Gasteiger partial charge in [0.15, 0.2) is 5.72 Å². The normalized spacial score (nSPS) is 16.2. The second-order valence-electron chi connectivity index (χ2n) is 3.75. The highest BCUT2D eigenvalue weighted by molar-refractivity contribution is 6.24. The van der Waals surface area contributed by atoms with Crippen LogP contribution in [0.2, 0.25) is 0 Å². The standard InChI is InChI=1S/C9H16ClNO2/c1-6(2)7(12)13-9(5,11)8(3,4)10/h1,11H2,2-5H3. The fourth-order valence-electron chi connectivity index (χ4n) is 0.401. The van der Waals surface area contributed by atoms with Crippen LogP contribution in [0.25, 0.3) is 0 Å². The molecule has 0 aliphatic carbocycles. The predicted molar refractivity (Wildman–Crippen MR) is 53.4 cm³/mol. The quantitative estimate of drug-likeness (QED) is 0.331. The number of hydrogen-bond donors (Lipinski definition) is 1. The van der Waals surface area contributed by atoms with E-state index in [1.165, 1.54) is 0 Å². The molecule has 0 saturated heterocycles. The molecule has 1 unspecified atom stereocenters. The first kappa shape index (κ1) is 12.5. The molecule has 0 aliphatic heterocycles. The second kappa shape index (κ2) is 3.68. The third-order valence-corrected chi connectivity index (χ3v) is 2.21. The maximum absolute atomic E-state index is 11.1. The summed E-state index contributed by atoms with van der Waals surface area (Å²) in [7, 11) is 0. The van der Waals surface area contributed by atoms with Crippen LogP contribution in [0.1, 0.15) is 27.7 Å². The van der Waals surface area contributed by atoms with Gasteiger partial charge in [-0.25, -0.2) is 4.79 Å². The Kier molecular flexibility index (Phi) is 3.53. The molecule has 2 N–H and O–H groups in total. The van der Waals surface area contributed by atoms with Crippen LogP contribution in [-0.4, -0.2) is 16.6 Å². The Hall–Kier alpha value is -0.540. The van der Waals surface area contributed by atoms with Gasteiger partial charge in [0.25, 0.3) is 0 Å². The third kappa shape index (κ3) is 3.36. The number of alkyl halides is 1. The Bertz CT molecular complexity index is 228. The first-order valence-corrected chi connectivity index (χ1v) is 4.32. The van der Waals surface area contributed by atoms with E-state index in [0.29, 0.717) is 5.57 Å². The smallest absolute Gasteiger partial charge is 0.334 e. The van der Waals surface area contributed by atoms with Gasteiger partial charge in [-0.1, -0.05) is 6.58 Å². The number of halogens is 1. The molecule has 0 bridgehead atoms. The van der Waals surface area contributed by atoms with Crippen molar-refractivity contribution in [1.29, 1.82) is 0 Å². The molecule has 4 heteroatoms. The topological polar surface area (TPSA) is 52.3 Å². The largest absolute Gasteiger partial charge is 0.439 e. The first-order chi connectivity index (χ1) is 5.58. The Morgan fingerprint density at radius 1 is 1.46 bits per heavy atom. The van der Waals surface area contributed by atoms with Crippen LogP contribution in [0.5, 0.6) is 0 Å². The lowest BCUT2D eigenvalue weighted by Crippen LogP contribution is -2.55. The molecule has 0 aliphatic rings. The fourth-order valence-corrected chi connectivity index (χ4v) is 0.440. The summed E-state index contributed by atoms with van der Waals surface area (Å²) in [5.74, 6) is -0.529. The van der Waals surface area contributed by atoms with E-state index < -0.39 is 16.6 Å². The average molecular weight is 206 g/mol. The van der Waals surface area contributed by atoms with Crippen molar-refractivity contribution in [3.63, 3.8) is 0 Å². The number of carbonyl (C=O) groups is 1. The lowest BCUT2D eigenvalue weighted by atomic mass is 10.0. The van der Waals surface area contributed by atoms with Crippen LogP contribution in [0, 0.1) is 0 Å². The van der Waals surface area contributed by atoms with Crippen molar-refractivity contribution in [3.05, 3.63) is 12.2 Å². The monoisotopic (exact) mass is 205 g/mol. The number of rotatable bonds is 3. The summed E-state index contributed by atoms with van der Waals surface area (Å²) in [5, 5.41) is 0. The number of esters is 1. The third-order valence-electron chi connectivity index (χ3n) is 1.83. The molecule has 13 heavy (non-hydrogen) atoms. The van der Waals surface area contributed by atoms with Crippen LogP contribution in [-0.2, 0) is 9.53 Å². The zero-order chi connectivity index (χ0) is 10.9. The highest BCUT2D eigenvalue weighted by Gasteiger charge is 2.39. The van der Waals surface area contributed by atoms with Gasteiger partial charge in [0, 0.05) is 5.57 Å². The van der Waals surface area contributed by atoms with Crippen molar-refractivity contribution in [2.24, 2.45) is 5.73 Å². The molecule has 1 atom stereocenters. The van der Waals surface area contributed by atoms with Crippen molar-refractivity contribution < 1.29 is 9.53 Å². The van der Waals surface area contributed by atoms with Gasteiger partial charge in [0.1, 0.15) is 0 Å². The van der Waals surface area contributed by atoms with Crippen LogP contribution < -0.4 is 5.73 Å². The van der Waals surface area contributed by atoms with Crippen molar-refractivity contribution in [1.82, 2.24) is 0 Å². The number of nitrogens with two attached hydrogens (primary N) is 1. The zero-order valence-corrected chi connectivity index (χ0v) is 9.23. The molecule has 0 rings (SSSR count). The van der Waals surface area contributed by atoms with Crippen molar-refractivity contribution in [2.75, 3.05) is 0 Å².